The Hall–Kier alpha value is -2.02. The number of amides is 1. The van der Waals surface area contributed by atoms with Crippen molar-refractivity contribution < 1.29 is 4.79 Å². The Morgan fingerprint density at radius 2 is 2.31 bits per heavy atom. The Morgan fingerprint density at radius 1 is 1.56 bits per heavy atom. The topological polar surface area (TPSA) is 64.9 Å². The van der Waals surface area contributed by atoms with E-state index >= 15 is 0 Å². The molecule has 0 spiro atoms. The highest BCUT2D eigenvalue weighted by Gasteiger charge is 2.02. The molecule has 1 atom stereocenters. The lowest BCUT2D eigenvalue weighted by Gasteiger charge is -2.14. The molecule has 0 radical (unpaired) electrons. The highest BCUT2D eigenvalue weighted by atomic mass is 16.1. The number of nitrogens with zero attached hydrogens (tertiary/aromatic N) is 1. The molecule has 0 saturated heterocycles. The maximum Gasteiger partial charge on any atom is 0.217 e. The molecule has 0 aliphatic carbocycles. The first-order valence-corrected chi connectivity index (χ1v) is 5.13. The zero-order chi connectivity index (χ0) is 12.0. The lowest BCUT2D eigenvalue weighted by molar-refractivity contribution is -0.119. The lowest BCUT2D eigenvalue weighted by atomic mass is 10.2. The van der Waals surface area contributed by atoms with Crippen molar-refractivity contribution in [3.05, 3.63) is 29.8 Å². The molecule has 0 heterocycles. The van der Waals surface area contributed by atoms with E-state index in [1.54, 1.807) is 12.1 Å². The van der Waals surface area contributed by atoms with Gasteiger partial charge in [-0.2, -0.15) is 5.26 Å². The Bertz CT molecular complexity index is 409. The van der Waals surface area contributed by atoms with Crippen molar-refractivity contribution in [3.63, 3.8) is 0 Å². The highest BCUT2D eigenvalue weighted by molar-refractivity contribution is 5.73. The SMILES string of the molecule is CC(=O)NC(C)CNc1cccc(C#N)c1. The minimum Gasteiger partial charge on any atom is -0.383 e. The summed E-state index contributed by atoms with van der Waals surface area (Å²) in [5.74, 6) is -0.0416. The van der Waals surface area contributed by atoms with E-state index in [-0.39, 0.29) is 11.9 Å². The van der Waals surface area contributed by atoms with Gasteiger partial charge in [0, 0.05) is 25.2 Å². The second-order valence-electron chi connectivity index (χ2n) is 3.68. The first-order valence-electron chi connectivity index (χ1n) is 5.13. The second-order valence-corrected chi connectivity index (χ2v) is 3.68. The normalized spacial score (nSPS) is 11.3. The van der Waals surface area contributed by atoms with Crippen molar-refractivity contribution in [2.75, 3.05) is 11.9 Å². The van der Waals surface area contributed by atoms with E-state index in [1.165, 1.54) is 6.92 Å². The molecule has 16 heavy (non-hydrogen) atoms. The number of nitrogens with one attached hydrogen (secondary N) is 2. The van der Waals surface area contributed by atoms with Gasteiger partial charge >= 0.3 is 0 Å². The van der Waals surface area contributed by atoms with E-state index in [0.29, 0.717) is 12.1 Å². The second kappa shape index (κ2) is 5.76. The van der Waals surface area contributed by atoms with Gasteiger partial charge in [-0.15, -0.1) is 0 Å². The average Bonchev–Trinajstić information content (AvgIpc) is 2.26. The molecule has 1 rings (SSSR count). The molecule has 0 aromatic heterocycles. The van der Waals surface area contributed by atoms with Gasteiger partial charge in [-0.1, -0.05) is 6.07 Å². The summed E-state index contributed by atoms with van der Waals surface area (Å²) in [7, 11) is 0. The van der Waals surface area contributed by atoms with Crippen molar-refractivity contribution in [1.82, 2.24) is 5.32 Å². The molecule has 0 bridgehead atoms. The number of rotatable bonds is 4. The summed E-state index contributed by atoms with van der Waals surface area (Å²) in [5.41, 5.74) is 1.51. The Balaban J connectivity index is 2.48. The van der Waals surface area contributed by atoms with Gasteiger partial charge in [0.15, 0.2) is 0 Å². The third kappa shape index (κ3) is 4.01. The smallest absolute Gasteiger partial charge is 0.217 e. The number of anilines is 1. The van der Waals surface area contributed by atoms with E-state index in [0.717, 1.165) is 5.69 Å². The van der Waals surface area contributed by atoms with Crippen molar-refractivity contribution in [2.45, 2.75) is 19.9 Å². The van der Waals surface area contributed by atoms with Gasteiger partial charge in [0.2, 0.25) is 5.91 Å². The first-order chi connectivity index (χ1) is 7.61. The predicted molar refractivity (Wildman–Crippen MR) is 62.9 cm³/mol. The third-order valence-electron chi connectivity index (χ3n) is 2.05. The number of benzene rings is 1. The van der Waals surface area contributed by atoms with Crippen LogP contribution in [0.3, 0.4) is 0 Å². The van der Waals surface area contributed by atoms with Gasteiger partial charge in [-0.3, -0.25) is 4.79 Å². The molecule has 0 fully saturated rings. The monoisotopic (exact) mass is 217 g/mol. The average molecular weight is 217 g/mol. The van der Waals surface area contributed by atoms with Crippen molar-refractivity contribution in [3.8, 4) is 6.07 Å². The maximum atomic E-state index is 10.8. The Labute approximate surface area is 95.3 Å². The first kappa shape index (κ1) is 12.1. The van der Waals surface area contributed by atoms with E-state index in [9.17, 15) is 4.79 Å². The van der Waals surface area contributed by atoms with Gasteiger partial charge in [-0.25, -0.2) is 0 Å². The zero-order valence-electron chi connectivity index (χ0n) is 9.45. The van der Waals surface area contributed by atoms with Crippen LogP contribution < -0.4 is 10.6 Å². The van der Waals surface area contributed by atoms with Gasteiger partial charge in [-0.05, 0) is 25.1 Å². The van der Waals surface area contributed by atoms with Crippen LogP contribution in [0.5, 0.6) is 0 Å². The Morgan fingerprint density at radius 3 is 2.94 bits per heavy atom. The quantitative estimate of drug-likeness (QED) is 0.803. The molecule has 84 valence electrons. The summed E-state index contributed by atoms with van der Waals surface area (Å²) in [6.45, 7) is 4.05. The van der Waals surface area contributed by atoms with Gasteiger partial charge in [0.1, 0.15) is 0 Å². The molecular formula is C12H15N3O. The van der Waals surface area contributed by atoms with Crippen LogP contribution in [0, 0.1) is 11.3 Å². The molecule has 0 saturated carbocycles. The van der Waals surface area contributed by atoms with Crippen LogP contribution in [-0.2, 0) is 4.79 Å². The summed E-state index contributed by atoms with van der Waals surface area (Å²) in [6, 6.07) is 9.38. The molecule has 0 aliphatic rings. The number of hydrogen-bond donors (Lipinski definition) is 2. The van der Waals surface area contributed by atoms with Crippen molar-refractivity contribution in [1.29, 1.82) is 5.26 Å². The van der Waals surface area contributed by atoms with Crippen LogP contribution in [0.4, 0.5) is 5.69 Å². The van der Waals surface area contributed by atoms with Gasteiger partial charge < -0.3 is 10.6 Å². The van der Waals surface area contributed by atoms with Gasteiger partial charge in [0.25, 0.3) is 0 Å². The van der Waals surface area contributed by atoms with Crippen LogP contribution >= 0.6 is 0 Å². The largest absolute Gasteiger partial charge is 0.383 e. The third-order valence-corrected chi connectivity index (χ3v) is 2.05. The number of nitriles is 1. The minimum absolute atomic E-state index is 0.0416. The molecule has 4 heteroatoms. The maximum absolute atomic E-state index is 10.8. The molecule has 4 nitrogen and oxygen atoms in total. The number of carbonyl (C=O) groups excluding carboxylic acids is 1. The molecule has 2 N–H and O–H groups in total. The summed E-state index contributed by atoms with van der Waals surface area (Å²) in [6.07, 6.45) is 0. The van der Waals surface area contributed by atoms with Crippen molar-refractivity contribution >= 4 is 11.6 Å². The van der Waals surface area contributed by atoms with E-state index in [2.05, 4.69) is 16.7 Å². The van der Waals surface area contributed by atoms with Gasteiger partial charge in [0.05, 0.1) is 11.6 Å². The molecule has 0 aliphatic heterocycles. The zero-order valence-corrected chi connectivity index (χ0v) is 9.45. The summed E-state index contributed by atoms with van der Waals surface area (Å²) in [5, 5.41) is 14.7. The van der Waals surface area contributed by atoms with E-state index in [4.69, 9.17) is 5.26 Å². The minimum atomic E-state index is -0.0416. The van der Waals surface area contributed by atoms with E-state index < -0.39 is 0 Å². The van der Waals surface area contributed by atoms with E-state index in [1.807, 2.05) is 19.1 Å². The van der Waals surface area contributed by atoms with Crippen LogP contribution in [0.25, 0.3) is 0 Å². The van der Waals surface area contributed by atoms with Crippen LogP contribution in [-0.4, -0.2) is 18.5 Å². The fourth-order valence-corrected chi connectivity index (χ4v) is 1.37. The van der Waals surface area contributed by atoms with Crippen LogP contribution in [0.15, 0.2) is 24.3 Å². The molecular weight excluding hydrogens is 202 g/mol. The van der Waals surface area contributed by atoms with Crippen LogP contribution in [0.1, 0.15) is 19.4 Å². The summed E-state index contributed by atoms with van der Waals surface area (Å²) in [4.78, 5) is 10.8. The number of carbonyl (C=O) groups is 1. The standard InChI is InChI=1S/C12H15N3O/c1-9(15-10(2)16)8-14-12-5-3-4-11(6-12)7-13/h3-6,9,14H,8H2,1-2H3,(H,15,16). The highest BCUT2D eigenvalue weighted by Crippen LogP contribution is 2.09. The molecule has 1 amide bonds. The van der Waals surface area contributed by atoms with Crippen LogP contribution in [0.2, 0.25) is 0 Å². The fourth-order valence-electron chi connectivity index (χ4n) is 1.37. The summed E-state index contributed by atoms with van der Waals surface area (Å²) >= 11 is 0. The molecule has 1 aromatic carbocycles. The number of hydrogen-bond acceptors (Lipinski definition) is 3. The molecule has 1 aromatic rings. The Kier molecular flexibility index (Phi) is 4.34. The predicted octanol–water partition coefficient (Wildman–Crippen LogP) is 1.49. The molecule has 1 unspecified atom stereocenters. The lowest BCUT2D eigenvalue weighted by Crippen LogP contribution is -2.35. The van der Waals surface area contributed by atoms with Crippen molar-refractivity contribution in [2.24, 2.45) is 0 Å². The fraction of sp³-hybridized carbons (Fsp3) is 0.333. The summed E-state index contributed by atoms with van der Waals surface area (Å²) < 4.78 is 0.